The highest BCUT2D eigenvalue weighted by atomic mass is 32.1. The molecule has 1 N–H and O–H groups in total. The maximum absolute atomic E-state index is 13.6. The van der Waals surface area contributed by atoms with Crippen LogP contribution < -0.4 is 5.43 Å². The van der Waals surface area contributed by atoms with Gasteiger partial charge in [0.25, 0.3) is 5.91 Å². The van der Waals surface area contributed by atoms with Gasteiger partial charge >= 0.3 is 0 Å². The molecule has 0 aliphatic carbocycles. The van der Waals surface area contributed by atoms with Crippen LogP contribution in [-0.4, -0.2) is 21.9 Å². The van der Waals surface area contributed by atoms with Gasteiger partial charge in [-0.25, -0.2) is 10.1 Å². The first-order valence-electron chi connectivity index (χ1n) is 6.14. The zero-order chi connectivity index (χ0) is 14.7. The van der Waals surface area contributed by atoms with E-state index in [0.29, 0.717) is 10.6 Å². The van der Waals surface area contributed by atoms with Crippen LogP contribution >= 0.6 is 11.3 Å². The Morgan fingerprint density at radius 3 is 2.90 bits per heavy atom. The van der Waals surface area contributed by atoms with Gasteiger partial charge in [0.1, 0.15) is 0 Å². The van der Waals surface area contributed by atoms with Crippen molar-refractivity contribution in [1.29, 1.82) is 0 Å². The number of hydrogen-bond acceptors (Lipinski definition) is 4. The van der Waals surface area contributed by atoms with E-state index in [0.717, 1.165) is 16.0 Å². The van der Waals surface area contributed by atoms with Crippen molar-refractivity contribution in [2.45, 2.75) is 20.3 Å². The highest BCUT2D eigenvalue weighted by molar-refractivity contribution is 7.14. The maximum Gasteiger partial charge on any atom is 0.281 e. The smallest absolute Gasteiger partial charge is 0.266 e. The fraction of sp³-hybridized carbons (Fsp3) is 0.308. The van der Waals surface area contributed by atoms with E-state index in [1.165, 1.54) is 24.6 Å². The third-order valence-corrected chi connectivity index (χ3v) is 4.02. The predicted molar refractivity (Wildman–Crippen MR) is 76.7 cm³/mol. The van der Waals surface area contributed by atoms with Crippen molar-refractivity contribution in [3.05, 3.63) is 39.1 Å². The van der Waals surface area contributed by atoms with E-state index in [-0.39, 0.29) is 11.5 Å². The van der Waals surface area contributed by atoms with Gasteiger partial charge in [-0.15, -0.1) is 11.3 Å². The Morgan fingerprint density at radius 1 is 1.60 bits per heavy atom. The van der Waals surface area contributed by atoms with Gasteiger partial charge in [-0.1, -0.05) is 6.92 Å². The van der Waals surface area contributed by atoms with Crippen molar-refractivity contribution in [1.82, 2.24) is 15.2 Å². The van der Waals surface area contributed by atoms with Crippen LogP contribution in [0.2, 0.25) is 0 Å². The number of hydrazone groups is 1. The number of amides is 1. The van der Waals surface area contributed by atoms with Crippen LogP contribution in [0, 0.1) is 12.9 Å². The lowest BCUT2D eigenvalue weighted by molar-refractivity contribution is 0.0959. The number of aromatic nitrogens is 2. The summed E-state index contributed by atoms with van der Waals surface area (Å²) in [6.45, 7) is 3.71. The summed E-state index contributed by atoms with van der Waals surface area (Å²) in [7, 11) is 1.51. The minimum atomic E-state index is -0.482. The molecule has 0 saturated heterocycles. The summed E-state index contributed by atoms with van der Waals surface area (Å²) < 4.78 is 14.7. The first-order chi connectivity index (χ1) is 9.52. The summed E-state index contributed by atoms with van der Waals surface area (Å²) in [5, 5.41) is 7.70. The molecule has 106 valence electrons. The van der Waals surface area contributed by atoms with Gasteiger partial charge in [0, 0.05) is 11.9 Å². The Balaban J connectivity index is 2.04. The highest BCUT2D eigenvalue weighted by Gasteiger charge is 2.11. The topological polar surface area (TPSA) is 59.3 Å². The molecule has 0 spiro atoms. The molecule has 1 amide bonds. The number of carbonyl (C=O) groups excluding carboxylic acids is 1. The number of hydrogen-bond donors (Lipinski definition) is 1. The highest BCUT2D eigenvalue weighted by Crippen LogP contribution is 2.16. The minimum absolute atomic E-state index is 0.272. The van der Waals surface area contributed by atoms with Gasteiger partial charge < -0.3 is 0 Å². The van der Waals surface area contributed by atoms with Crippen molar-refractivity contribution in [2.24, 2.45) is 12.1 Å². The average molecular weight is 294 g/mol. The van der Waals surface area contributed by atoms with Crippen LogP contribution in [0.1, 0.15) is 32.7 Å². The Hall–Kier alpha value is -2.02. The van der Waals surface area contributed by atoms with Crippen LogP contribution in [0.4, 0.5) is 4.39 Å². The molecule has 0 fully saturated rings. The predicted octanol–water partition coefficient (Wildman–Crippen LogP) is 2.26. The molecule has 7 heteroatoms. The van der Waals surface area contributed by atoms with E-state index >= 15 is 0 Å². The molecule has 0 bridgehead atoms. The molecular formula is C13H15FN4OS. The summed E-state index contributed by atoms with van der Waals surface area (Å²) in [4.78, 5) is 13.5. The normalized spacial score (nSPS) is 11.2. The molecule has 2 aromatic heterocycles. The van der Waals surface area contributed by atoms with Gasteiger partial charge in [0.2, 0.25) is 5.95 Å². The second-order valence-corrected chi connectivity index (χ2v) is 5.40. The van der Waals surface area contributed by atoms with Crippen molar-refractivity contribution in [2.75, 3.05) is 0 Å². The number of thiophene rings is 1. The number of aryl methyl sites for hydroxylation is 3. The molecule has 2 aromatic rings. The largest absolute Gasteiger partial charge is 0.281 e. The number of nitrogens with zero attached hydrogens (tertiary/aromatic N) is 3. The summed E-state index contributed by atoms with van der Waals surface area (Å²) in [6, 6.07) is 3.67. The number of halogens is 1. The summed E-state index contributed by atoms with van der Waals surface area (Å²) in [5.41, 5.74) is 3.18. The van der Waals surface area contributed by atoms with Crippen LogP contribution in [-0.2, 0) is 13.5 Å². The van der Waals surface area contributed by atoms with Crippen LogP contribution in [0.15, 0.2) is 17.2 Å². The summed E-state index contributed by atoms with van der Waals surface area (Å²) >= 11 is 1.42. The lowest BCUT2D eigenvalue weighted by atomic mass is 10.3. The molecule has 0 saturated carbocycles. The fourth-order valence-corrected chi connectivity index (χ4v) is 2.53. The van der Waals surface area contributed by atoms with Crippen LogP contribution in [0.25, 0.3) is 0 Å². The van der Waals surface area contributed by atoms with E-state index in [4.69, 9.17) is 0 Å². The average Bonchev–Trinajstić information content (AvgIpc) is 2.99. The SMILES string of the molecule is CCc1ccc(C(=O)N/N=C\c2c(C)nn(C)c2F)s1. The molecule has 20 heavy (non-hydrogen) atoms. The summed E-state index contributed by atoms with van der Waals surface area (Å²) in [6.07, 6.45) is 2.16. The monoisotopic (exact) mass is 294 g/mol. The zero-order valence-electron chi connectivity index (χ0n) is 11.5. The van der Waals surface area contributed by atoms with Crippen molar-refractivity contribution < 1.29 is 9.18 Å². The maximum atomic E-state index is 13.6. The van der Waals surface area contributed by atoms with Gasteiger partial charge in [-0.05, 0) is 25.5 Å². The lowest BCUT2D eigenvalue weighted by Gasteiger charge is -1.95. The molecule has 5 nitrogen and oxygen atoms in total. The second-order valence-electron chi connectivity index (χ2n) is 4.23. The van der Waals surface area contributed by atoms with E-state index in [1.54, 1.807) is 13.0 Å². The molecule has 0 atom stereocenters. The fourth-order valence-electron chi connectivity index (χ4n) is 1.69. The second kappa shape index (κ2) is 5.96. The Bertz CT molecular complexity index is 659. The number of nitrogens with one attached hydrogen (secondary N) is 1. The minimum Gasteiger partial charge on any atom is -0.266 e. The van der Waals surface area contributed by atoms with Crippen LogP contribution in [0.3, 0.4) is 0 Å². The summed E-state index contributed by atoms with van der Waals surface area (Å²) in [5.74, 6) is -0.780. The van der Waals surface area contributed by atoms with E-state index < -0.39 is 5.95 Å². The van der Waals surface area contributed by atoms with Crippen LogP contribution in [0.5, 0.6) is 0 Å². The van der Waals surface area contributed by atoms with Gasteiger partial charge in [0.15, 0.2) is 0 Å². The molecule has 0 aliphatic heterocycles. The molecule has 0 aliphatic rings. The number of rotatable bonds is 4. The molecule has 2 heterocycles. The Labute approximate surface area is 120 Å². The van der Waals surface area contributed by atoms with Crippen molar-refractivity contribution in [3.63, 3.8) is 0 Å². The quantitative estimate of drug-likeness (QED) is 0.694. The Morgan fingerprint density at radius 2 is 2.35 bits per heavy atom. The molecule has 0 aromatic carbocycles. The zero-order valence-corrected chi connectivity index (χ0v) is 12.3. The van der Waals surface area contributed by atoms with Gasteiger partial charge in [0.05, 0.1) is 22.3 Å². The van der Waals surface area contributed by atoms with Gasteiger partial charge in [-0.2, -0.15) is 14.6 Å². The van der Waals surface area contributed by atoms with Crippen molar-refractivity contribution in [3.8, 4) is 0 Å². The van der Waals surface area contributed by atoms with Crippen molar-refractivity contribution >= 4 is 23.5 Å². The first-order valence-corrected chi connectivity index (χ1v) is 6.95. The van der Waals surface area contributed by atoms with E-state index in [1.807, 2.05) is 13.0 Å². The molecule has 0 unspecified atom stereocenters. The Kier molecular flexibility index (Phi) is 4.29. The van der Waals surface area contributed by atoms with E-state index in [9.17, 15) is 9.18 Å². The lowest BCUT2D eigenvalue weighted by Crippen LogP contribution is -2.16. The molecule has 0 radical (unpaired) electrons. The first kappa shape index (κ1) is 14.4. The van der Waals surface area contributed by atoms with Gasteiger partial charge in [-0.3, -0.25) is 4.79 Å². The third-order valence-electron chi connectivity index (χ3n) is 2.79. The third kappa shape index (κ3) is 2.93. The van der Waals surface area contributed by atoms with E-state index in [2.05, 4.69) is 15.6 Å². The molecular weight excluding hydrogens is 279 g/mol. The standard InChI is InChI=1S/C13H15FN4OS/c1-4-9-5-6-11(20-9)13(19)16-15-7-10-8(2)17-18(3)12(10)14/h5-7H,4H2,1-3H3,(H,16,19)/b15-7-. The number of carbonyl (C=O) groups is 1. The molecule has 2 rings (SSSR count).